The number of hydrogen-bond donors (Lipinski definition) is 4. The Balaban J connectivity index is 2.02. The first-order valence-corrected chi connectivity index (χ1v) is 15.8. The van der Waals surface area contributed by atoms with Gasteiger partial charge < -0.3 is 15.3 Å². The zero-order valence-corrected chi connectivity index (χ0v) is 24.0. The smallest absolute Gasteiger partial charge is 0.268 e. The zero-order chi connectivity index (χ0) is 29.0. The normalized spacial score (nSPS) is 42.5. The van der Waals surface area contributed by atoms with Crippen LogP contribution in [0.5, 0.6) is 0 Å². The molecule has 3 fully saturated rings. The molecule has 0 amide bonds. The van der Waals surface area contributed by atoms with Crippen LogP contribution < -0.4 is 0 Å². The summed E-state index contributed by atoms with van der Waals surface area (Å²) >= 11 is 0. The van der Waals surface area contributed by atoms with Crippen LogP contribution in [-0.4, -0.2) is 63.4 Å². The largest absolute Gasteiger partial charge is 0.392 e. The Morgan fingerprint density at radius 3 is 2.51 bits per heavy atom. The van der Waals surface area contributed by atoms with Crippen LogP contribution in [0.2, 0.25) is 0 Å². The number of rotatable bonds is 9. The minimum absolute atomic E-state index is 0.0111. The van der Waals surface area contributed by atoms with E-state index in [1.807, 2.05) is 13.8 Å². The summed E-state index contributed by atoms with van der Waals surface area (Å²) in [5.41, 5.74) is -4.82. The topological polar surface area (TPSA) is 173 Å². The number of aliphatic hydroxyl groups excluding tert-OH is 2. The lowest BCUT2D eigenvalue weighted by molar-refractivity contribution is -0.231. The van der Waals surface area contributed by atoms with Gasteiger partial charge in [-0.3, -0.25) is 14.1 Å². The molecule has 4 N–H and O–H groups in total. The number of Topliss-reactive ketones (excluding diaryl/α,β-unsaturated/α-hetero) is 1. The molecule has 39 heavy (non-hydrogen) atoms. The molecule has 0 radical (unpaired) electrons. The molecule has 4 rings (SSSR count). The third-order valence-electron chi connectivity index (χ3n) is 11.6. The Kier molecular flexibility index (Phi) is 8.03. The summed E-state index contributed by atoms with van der Waals surface area (Å²) in [5, 5.41) is 42.1. The molecule has 10 heteroatoms. The third-order valence-corrected chi connectivity index (χ3v) is 13.0. The molecule has 9 atom stereocenters. The predicted octanol–water partition coefficient (Wildman–Crippen LogP) is 3.13. The van der Waals surface area contributed by atoms with Gasteiger partial charge in [-0.2, -0.15) is 13.7 Å². The van der Waals surface area contributed by atoms with Gasteiger partial charge in [0.2, 0.25) is 0 Å². The average molecular weight is 566 g/mol. The van der Waals surface area contributed by atoms with Gasteiger partial charge >= 0.3 is 0 Å². The number of hydrogen-bond acceptors (Lipinski definition) is 8. The van der Waals surface area contributed by atoms with Crippen LogP contribution in [0.4, 0.5) is 0 Å². The molecule has 9 nitrogen and oxygen atoms in total. The lowest BCUT2D eigenvalue weighted by atomic mass is 9.35. The third kappa shape index (κ3) is 4.10. The molecule has 0 aromatic carbocycles. The molecule has 4 aliphatic carbocycles. The molecule has 218 valence electrons. The molecule has 0 spiro atoms. The molecule has 0 aromatic heterocycles. The van der Waals surface area contributed by atoms with Crippen molar-refractivity contribution in [3.63, 3.8) is 0 Å². The highest BCUT2D eigenvalue weighted by Crippen LogP contribution is 2.75. The van der Waals surface area contributed by atoms with Crippen molar-refractivity contribution in [1.29, 1.82) is 5.26 Å². The van der Waals surface area contributed by atoms with Gasteiger partial charge in [0, 0.05) is 29.1 Å². The van der Waals surface area contributed by atoms with Crippen molar-refractivity contribution in [2.45, 2.75) is 108 Å². The first-order valence-electron chi connectivity index (χ1n) is 14.3. The lowest BCUT2D eigenvalue weighted by Crippen LogP contribution is -2.73. The van der Waals surface area contributed by atoms with Gasteiger partial charge in [0.25, 0.3) is 10.1 Å². The average Bonchev–Trinajstić information content (AvgIpc) is 3.12. The molecule has 0 heterocycles. The SMILES string of the molecule is CCCCCC([C@]12[C@@H](O)C[C@@]3(C)[C@@H](CC[C@]3(O)C(=O)CO)[C@@H]1CCC1=CC(=O)CC(CC#N)[C@@]12C)S(=O)(=O)O. The van der Waals surface area contributed by atoms with Crippen molar-refractivity contribution in [3.8, 4) is 6.07 Å². The molecule has 3 saturated carbocycles. The maximum atomic E-state index is 13.4. The van der Waals surface area contributed by atoms with E-state index in [-0.39, 0.29) is 43.8 Å². The number of carbonyl (C=O) groups excluding carboxylic acids is 2. The van der Waals surface area contributed by atoms with Crippen molar-refractivity contribution >= 4 is 21.7 Å². The first-order chi connectivity index (χ1) is 18.2. The highest BCUT2D eigenvalue weighted by molar-refractivity contribution is 7.86. The number of fused-ring (bicyclic) bond motifs is 5. The van der Waals surface area contributed by atoms with Gasteiger partial charge in [-0.05, 0) is 62.4 Å². The fourth-order valence-electron chi connectivity index (χ4n) is 9.93. The second kappa shape index (κ2) is 10.3. The minimum atomic E-state index is -4.72. The van der Waals surface area contributed by atoms with Gasteiger partial charge in [-0.1, -0.05) is 45.6 Å². The molecular weight excluding hydrogens is 522 g/mol. The van der Waals surface area contributed by atoms with Gasteiger partial charge in [0.15, 0.2) is 11.6 Å². The van der Waals surface area contributed by atoms with Crippen molar-refractivity contribution in [2.24, 2.45) is 34.0 Å². The molecule has 0 saturated heterocycles. The van der Waals surface area contributed by atoms with Crippen LogP contribution in [-0.2, 0) is 19.7 Å². The monoisotopic (exact) mass is 565 g/mol. The summed E-state index contributed by atoms with van der Waals surface area (Å²) in [4.78, 5) is 25.7. The maximum absolute atomic E-state index is 13.4. The number of unbranched alkanes of at least 4 members (excludes halogenated alkanes) is 2. The van der Waals surface area contributed by atoms with E-state index in [2.05, 4.69) is 6.07 Å². The lowest BCUT2D eigenvalue weighted by Gasteiger charge is -2.70. The first kappa shape index (κ1) is 30.3. The van der Waals surface area contributed by atoms with Crippen LogP contribution in [0.15, 0.2) is 11.6 Å². The van der Waals surface area contributed by atoms with E-state index in [9.17, 15) is 43.1 Å². The second-order valence-corrected chi connectivity index (χ2v) is 14.5. The van der Waals surface area contributed by atoms with Gasteiger partial charge in [-0.25, -0.2) is 0 Å². The van der Waals surface area contributed by atoms with E-state index in [1.165, 1.54) is 0 Å². The van der Waals surface area contributed by atoms with Gasteiger partial charge in [0.05, 0.1) is 17.4 Å². The summed E-state index contributed by atoms with van der Waals surface area (Å²) in [6, 6.07) is 2.18. The van der Waals surface area contributed by atoms with Crippen LogP contribution in [0.3, 0.4) is 0 Å². The number of nitriles is 1. The van der Waals surface area contributed by atoms with Crippen molar-refractivity contribution in [2.75, 3.05) is 6.61 Å². The summed E-state index contributed by atoms with van der Waals surface area (Å²) in [6.07, 6.45) is 3.62. The number of carbonyl (C=O) groups is 2. The van der Waals surface area contributed by atoms with E-state index in [4.69, 9.17) is 0 Å². The minimum Gasteiger partial charge on any atom is -0.392 e. The quantitative estimate of drug-likeness (QED) is 0.242. The number of ketones is 2. The van der Waals surface area contributed by atoms with E-state index in [0.29, 0.717) is 31.3 Å². The summed E-state index contributed by atoms with van der Waals surface area (Å²) in [7, 11) is -4.72. The van der Waals surface area contributed by atoms with Crippen LogP contribution in [0, 0.1) is 45.3 Å². The second-order valence-electron chi connectivity index (χ2n) is 12.9. The molecular formula is C29H43NO8S. The Morgan fingerprint density at radius 2 is 1.92 bits per heavy atom. The number of nitrogens with zero attached hydrogens (tertiary/aromatic N) is 1. The predicted molar refractivity (Wildman–Crippen MR) is 143 cm³/mol. The molecule has 0 aliphatic heterocycles. The Hall–Kier alpha value is -1.64. The number of aliphatic hydroxyl groups is 3. The van der Waals surface area contributed by atoms with Gasteiger partial charge in [-0.15, -0.1) is 0 Å². The summed E-state index contributed by atoms with van der Waals surface area (Å²) in [5.74, 6) is -2.31. The highest BCUT2D eigenvalue weighted by atomic mass is 32.2. The van der Waals surface area contributed by atoms with Crippen LogP contribution in [0.25, 0.3) is 0 Å². The highest BCUT2D eigenvalue weighted by Gasteiger charge is 2.77. The van der Waals surface area contributed by atoms with Gasteiger partial charge in [0.1, 0.15) is 12.2 Å². The fourth-order valence-corrected chi connectivity index (χ4v) is 11.5. The standard InChI is InChI=1S/C29H43NO8S/c1-4-5-6-7-25(39(36,37)38)29-22(9-8-18-14-20(32)15-19(11-13-30)27(18,29)3)21-10-12-28(35,24(34)17-31)26(21,2)16-23(29)33/h14,19,21-23,25,31,33,35H,4-12,15-17H2,1-3H3,(H,36,37,38)/t19?,21-,22-,23-,25?,26-,27+,28-,29+/m0/s1. The van der Waals surface area contributed by atoms with Crippen molar-refractivity contribution in [1.82, 2.24) is 0 Å². The summed E-state index contributed by atoms with van der Waals surface area (Å²) < 4.78 is 37.6. The summed E-state index contributed by atoms with van der Waals surface area (Å²) in [6.45, 7) is 4.76. The molecule has 4 aliphatic rings. The van der Waals surface area contributed by atoms with E-state index < -0.39 is 67.5 Å². The number of allylic oxidation sites excluding steroid dienone is 1. The Bertz CT molecular complexity index is 1190. The molecule has 0 aromatic rings. The van der Waals surface area contributed by atoms with Crippen molar-refractivity contribution < 1.29 is 37.9 Å². The maximum Gasteiger partial charge on any atom is 0.268 e. The molecule has 0 bridgehead atoms. The Morgan fingerprint density at radius 1 is 1.23 bits per heavy atom. The van der Waals surface area contributed by atoms with Crippen LogP contribution >= 0.6 is 0 Å². The van der Waals surface area contributed by atoms with E-state index in [1.54, 1.807) is 13.0 Å². The van der Waals surface area contributed by atoms with Crippen LogP contribution in [0.1, 0.15) is 91.4 Å². The van der Waals surface area contributed by atoms with Crippen molar-refractivity contribution in [3.05, 3.63) is 11.6 Å². The molecule has 2 unspecified atom stereocenters. The fraction of sp³-hybridized carbons (Fsp3) is 0.828. The van der Waals surface area contributed by atoms with E-state index >= 15 is 0 Å². The zero-order valence-electron chi connectivity index (χ0n) is 23.2. The van der Waals surface area contributed by atoms with E-state index in [0.717, 1.165) is 12.8 Å². The Labute approximate surface area is 231 Å².